The summed E-state index contributed by atoms with van der Waals surface area (Å²) in [4.78, 5) is 1.13. The summed E-state index contributed by atoms with van der Waals surface area (Å²) in [7, 11) is 0. The zero-order valence-corrected chi connectivity index (χ0v) is 10.4. The molecule has 0 saturated heterocycles. The molecule has 0 aliphatic carbocycles. The van der Waals surface area contributed by atoms with Gasteiger partial charge in [0.15, 0.2) is 0 Å². The number of thioether (sulfide) groups is 1. The molecule has 0 bridgehead atoms. The van der Waals surface area contributed by atoms with Crippen LogP contribution in [0.15, 0.2) is 17.0 Å². The lowest BCUT2D eigenvalue weighted by Gasteiger charge is -2.14. The van der Waals surface area contributed by atoms with Gasteiger partial charge < -0.3 is 5.73 Å². The molecule has 0 fully saturated rings. The SMILES string of the molecule is CCC(C)Sc1c(N)ccc(Cl)c1C. The van der Waals surface area contributed by atoms with Crippen LogP contribution in [-0.2, 0) is 0 Å². The van der Waals surface area contributed by atoms with Crippen molar-refractivity contribution < 1.29 is 0 Å². The van der Waals surface area contributed by atoms with E-state index in [0.717, 1.165) is 27.6 Å². The smallest absolute Gasteiger partial charge is 0.0456 e. The van der Waals surface area contributed by atoms with Crippen LogP contribution in [0.3, 0.4) is 0 Å². The van der Waals surface area contributed by atoms with Gasteiger partial charge in [0.05, 0.1) is 0 Å². The van der Waals surface area contributed by atoms with Crippen molar-refractivity contribution >= 4 is 29.1 Å². The molecule has 0 radical (unpaired) electrons. The zero-order chi connectivity index (χ0) is 10.7. The summed E-state index contributed by atoms with van der Waals surface area (Å²) in [6.07, 6.45) is 1.13. The van der Waals surface area contributed by atoms with Gasteiger partial charge in [-0.2, -0.15) is 0 Å². The molecule has 1 aromatic carbocycles. The maximum Gasteiger partial charge on any atom is 0.0456 e. The van der Waals surface area contributed by atoms with Gasteiger partial charge in [0.25, 0.3) is 0 Å². The molecule has 0 saturated carbocycles. The van der Waals surface area contributed by atoms with Crippen LogP contribution in [0.4, 0.5) is 5.69 Å². The molecular formula is C11H16ClNS. The van der Waals surface area contributed by atoms with Crippen LogP contribution in [0.25, 0.3) is 0 Å². The number of benzene rings is 1. The highest BCUT2D eigenvalue weighted by Gasteiger charge is 2.10. The Labute approximate surface area is 95.0 Å². The first-order valence-electron chi connectivity index (χ1n) is 4.77. The number of anilines is 1. The third-order valence-electron chi connectivity index (χ3n) is 2.26. The molecule has 1 atom stereocenters. The largest absolute Gasteiger partial charge is 0.398 e. The highest BCUT2D eigenvalue weighted by atomic mass is 35.5. The molecule has 14 heavy (non-hydrogen) atoms. The van der Waals surface area contributed by atoms with Gasteiger partial charge in [-0.1, -0.05) is 25.4 Å². The monoisotopic (exact) mass is 229 g/mol. The number of nitrogens with two attached hydrogens (primary N) is 1. The second-order valence-electron chi connectivity index (χ2n) is 3.43. The fourth-order valence-electron chi connectivity index (χ4n) is 1.13. The summed E-state index contributed by atoms with van der Waals surface area (Å²) in [6, 6.07) is 3.73. The van der Waals surface area contributed by atoms with E-state index in [1.807, 2.05) is 19.1 Å². The molecule has 3 heteroatoms. The Morgan fingerprint density at radius 3 is 2.71 bits per heavy atom. The van der Waals surface area contributed by atoms with Gasteiger partial charge in [0, 0.05) is 20.9 Å². The van der Waals surface area contributed by atoms with Crippen LogP contribution >= 0.6 is 23.4 Å². The third kappa shape index (κ3) is 2.58. The average Bonchev–Trinajstić information content (AvgIpc) is 2.18. The Morgan fingerprint density at radius 1 is 1.50 bits per heavy atom. The van der Waals surface area contributed by atoms with E-state index in [4.69, 9.17) is 17.3 Å². The van der Waals surface area contributed by atoms with Crippen molar-refractivity contribution in [3.63, 3.8) is 0 Å². The molecule has 0 aromatic heterocycles. The first kappa shape index (κ1) is 11.7. The molecule has 0 aliphatic rings. The summed E-state index contributed by atoms with van der Waals surface area (Å²) in [5.41, 5.74) is 7.84. The van der Waals surface area contributed by atoms with E-state index in [2.05, 4.69) is 13.8 Å². The maximum absolute atomic E-state index is 6.04. The molecule has 0 spiro atoms. The highest BCUT2D eigenvalue weighted by molar-refractivity contribution is 8.00. The Balaban J connectivity index is 3.00. The van der Waals surface area contributed by atoms with Crippen LogP contribution in [0.1, 0.15) is 25.8 Å². The number of hydrogen-bond acceptors (Lipinski definition) is 2. The van der Waals surface area contributed by atoms with Crippen LogP contribution in [0, 0.1) is 6.92 Å². The predicted molar refractivity (Wildman–Crippen MR) is 66.2 cm³/mol. The molecule has 78 valence electrons. The molecule has 0 heterocycles. The summed E-state index contributed by atoms with van der Waals surface area (Å²) in [5, 5.41) is 1.37. The second-order valence-corrected chi connectivity index (χ2v) is 5.28. The highest BCUT2D eigenvalue weighted by Crippen LogP contribution is 2.36. The van der Waals surface area contributed by atoms with Crippen LogP contribution in [-0.4, -0.2) is 5.25 Å². The van der Waals surface area contributed by atoms with Crippen molar-refractivity contribution in [2.45, 2.75) is 37.3 Å². The first-order valence-corrected chi connectivity index (χ1v) is 6.03. The molecule has 2 N–H and O–H groups in total. The summed E-state index contributed by atoms with van der Waals surface area (Å²) in [6.45, 7) is 6.39. The Kier molecular flexibility index (Phi) is 4.14. The zero-order valence-electron chi connectivity index (χ0n) is 8.80. The van der Waals surface area contributed by atoms with E-state index in [1.54, 1.807) is 11.8 Å². The number of halogens is 1. The topological polar surface area (TPSA) is 26.0 Å². The molecular weight excluding hydrogens is 214 g/mol. The summed E-state index contributed by atoms with van der Waals surface area (Å²) in [5.74, 6) is 0. The van der Waals surface area contributed by atoms with Gasteiger partial charge >= 0.3 is 0 Å². The Morgan fingerprint density at radius 2 is 2.14 bits per heavy atom. The van der Waals surface area contributed by atoms with Gasteiger partial charge in [-0.25, -0.2) is 0 Å². The molecule has 1 aromatic rings. The van der Waals surface area contributed by atoms with Gasteiger partial charge in [-0.3, -0.25) is 0 Å². The lowest BCUT2D eigenvalue weighted by atomic mass is 10.2. The summed E-state index contributed by atoms with van der Waals surface area (Å²) >= 11 is 7.85. The van der Waals surface area contributed by atoms with Crippen molar-refractivity contribution in [1.82, 2.24) is 0 Å². The van der Waals surface area contributed by atoms with Crippen molar-refractivity contribution in [2.75, 3.05) is 5.73 Å². The lowest BCUT2D eigenvalue weighted by Crippen LogP contribution is -1.98. The molecule has 0 aliphatic heterocycles. The van der Waals surface area contributed by atoms with Gasteiger partial charge in [0.1, 0.15) is 0 Å². The normalized spacial score (nSPS) is 12.9. The third-order valence-corrected chi connectivity index (χ3v) is 4.19. The quantitative estimate of drug-likeness (QED) is 0.623. The van der Waals surface area contributed by atoms with E-state index in [1.165, 1.54) is 0 Å². The first-order chi connectivity index (χ1) is 6.56. The maximum atomic E-state index is 6.04. The van der Waals surface area contributed by atoms with Gasteiger partial charge in [0.2, 0.25) is 0 Å². The summed E-state index contributed by atoms with van der Waals surface area (Å²) < 4.78 is 0. The van der Waals surface area contributed by atoms with Gasteiger partial charge in [-0.15, -0.1) is 11.8 Å². The van der Waals surface area contributed by atoms with Crippen molar-refractivity contribution in [2.24, 2.45) is 0 Å². The van der Waals surface area contributed by atoms with Crippen molar-refractivity contribution in [3.8, 4) is 0 Å². The minimum Gasteiger partial charge on any atom is -0.398 e. The van der Waals surface area contributed by atoms with Crippen molar-refractivity contribution in [1.29, 1.82) is 0 Å². The number of hydrogen-bond donors (Lipinski definition) is 1. The molecule has 1 unspecified atom stereocenters. The standard InChI is InChI=1S/C11H16ClNS/c1-4-7(2)14-11-8(3)9(12)5-6-10(11)13/h5-7H,4,13H2,1-3H3. The van der Waals surface area contributed by atoms with Crippen LogP contribution in [0.2, 0.25) is 5.02 Å². The Hall–Kier alpha value is -0.340. The van der Waals surface area contributed by atoms with E-state index in [-0.39, 0.29) is 0 Å². The fraction of sp³-hybridized carbons (Fsp3) is 0.455. The lowest BCUT2D eigenvalue weighted by molar-refractivity contribution is 0.905. The van der Waals surface area contributed by atoms with Crippen LogP contribution in [0.5, 0.6) is 0 Å². The van der Waals surface area contributed by atoms with E-state index in [9.17, 15) is 0 Å². The minimum atomic E-state index is 0.578. The minimum absolute atomic E-state index is 0.578. The fourth-order valence-corrected chi connectivity index (χ4v) is 2.40. The average molecular weight is 230 g/mol. The van der Waals surface area contributed by atoms with E-state index >= 15 is 0 Å². The van der Waals surface area contributed by atoms with Crippen molar-refractivity contribution in [3.05, 3.63) is 22.7 Å². The number of rotatable bonds is 3. The Bertz CT molecular complexity index is 325. The second kappa shape index (κ2) is 4.94. The van der Waals surface area contributed by atoms with E-state index < -0.39 is 0 Å². The number of nitrogen functional groups attached to an aromatic ring is 1. The van der Waals surface area contributed by atoms with E-state index in [0.29, 0.717) is 5.25 Å². The van der Waals surface area contributed by atoms with Gasteiger partial charge in [-0.05, 0) is 31.0 Å². The molecule has 1 rings (SSSR count). The predicted octanol–water partition coefficient (Wildman–Crippen LogP) is 4.12. The molecule has 1 nitrogen and oxygen atoms in total. The molecule has 0 amide bonds. The van der Waals surface area contributed by atoms with Crippen LogP contribution < -0.4 is 5.73 Å².